The molecule has 2 aromatic heterocycles. The number of carbonyl (C=O) groups is 1. The molecule has 0 bridgehead atoms. The van der Waals surface area contributed by atoms with Crippen molar-refractivity contribution in [3.8, 4) is 11.3 Å². The topological polar surface area (TPSA) is 135 Å². The highest BCUT2D eigenvalue weighted by atomic mass is 32.2. The third-order valence-electron chi connectivity index (χ3n) is 6.47. The lowest BCUT2D eigenvalue weighted by atomic mass is 10.0. The average molecular weight is 496 g/mol. The number of aromatic nitrogens is 3. The molecular formula is C25H29N5O4S. The van der Waals surface area contributed by atoms with Gasteiger partial charge in [0.25, 0.3) is 0 Å². The van der Waals surface area contributed by atoms with Gasteiger partial charge in [0.1, 0.15) is 5.82 Å². The van der Waals surface area contributed by atoms with Crippen LogP contribution < -0.4 is 10.5 Å². The molecule has 2 aromatic carbocycles. The summed E-state index contributed by atoms with van der Waals surface area (Å²) in [6, 6.07) is 15.6. The van der Waals surface area contributed by atoms with Crippen LogP contribution in [0.25, 0.3) is 27.7 Å². The highest BCUT2D eigenvalue weighted by Gasteiger charge is 2.32. The number of aliphatic hydroxyl groups excluding tert-OH is 1. The van der Waals surface area contributed by atoms with Gasteiger partial charge in [-0.1, -0.05) is 37.6 Å². The van der Waals surface area contributed by atoms with Gasteiger partial charge >= 0.3 is 5.97 Å². The van der Waals surface area contributed by atoms with Crippen LogP contribution in [0.15, 0.2) is 54.7 Å². The predicted octanol–water partition coefficient (Wildman–Crippen LogP) is 4.36. The van der Waals surface area contributed by atoms with E-state index >= 15 is 0 Å². The Morgan fingerprint density at radius 3 is 2.77 bits per heavy atom. The normalized spacial score (nSPS) is 19.4. The summed E-state index contributed by atoms with van der Waals surface area (Å²) in [5.74, 6) is 0.847. The van der Waals surface area contributed by atoms with Gasteiger partial charge in [-0.2, -0.15) is 9.61 Å². The molecule has 9 nitrogen and oxygen atoms in total. The Morgan fingerprint density at radius 1 is 1.26 bits per heavy atom. The number of ether oxygens (including phenoxy) is 1. The third kappa shape index (κ3) is 5.25. The fraction of sp³-hybridized carbons (Fsp3) is 0.320. The van der Waals surface area contributed by atoms with Gasteiger partial charge in [0.05, 0.1) is 36.7 Å². The Hall–Kier alpha value is -3.18. The molecule has 3 atom stereocenters. The summed E-state index contributed by atoms with van der Waals surface area (Å²) in [5, 5.41) is 24.9. The fourth-order valence-corrected chi connectivity index (χ4v) is 4.76. The molecule has 0 amide bonds. The van der Waals surface area contributed by atoms with Crippen LogP contribution in [0.5, 0.6) is 0 Å². The van der Waals surface area contributed by atoms with Crippen LogP contribution >= 0.6 is 12.2 Å². The molecule has 0 saturated heterocycles. The summed E-state index contributed by atoms with van der Waals surface area (Å²) in [5.41, 5.74) is 3.04. The second-order valence-electron chi connectivity index (χ2n) is 8.52. The lowest BCUT2D eigenvalue weighted by Crippen LogP contribution is -2.18. The van der Waals surface area contributed by atoms with Crippen molar-refractivity contribution in [2.24, 2.45) is 11.1 Å². The van der Waals surface area contributed by atoms with Crippen molar-refractivity contribution in [3.05, 3.63) is 60.3 Å². The van der Waals surface area contributed by atoms with Crippen molar-refractivity contribution in [1.29, 1.82) is 0 Å². The Morgan fingerprint density at radius 2 is 2.06 bits per heavy atom. The lowest BCUT2D eigenvalue weighted by Gasteiger charge is -2.14. The third-order valence-corrected chi connectivity index (χ3v) is 6.47. The molecule has 1 aliphatic carbocycles. The molecule has 0 aliphatic heterocycles. The highest BCUT2D eigenvalue weighted by Crippen LogP contribution is 2.32. The number of hydrogen-bond acceptors (Lipinski definition) is 9. The van der Waals surface area contributed by atoms with Gasteiger partial charge in [0.15, 0.2) is 5.65 Å². The molecule has 0 radical (unpaired) electrons. The molecule has 4 aromatic rings. The maximum atomic E-state index is 11.9. The maximum absolute atomic E-state index is 11.9. The Kier molecular flexibility index (Phi) is 7.86. The second-order valence-corrected chi connectivity index (χ2v) is 8.73. The number of hydrogen-bond donors (Lipinski definition) is 4. The summed E-state index contributed by atoms with van der Waals surface area (Å²) in [6.45, 7) is 2.12. The molecule has 0 spiro atoms. The summed E-state index contributed by atoms with van der Waals surface area (Å²) in [6.07, 6.45) is 4.19. The first kappa shape index (κ1) is 24.9. The number of fused-ring (bicyclic) bond motifs is 2. The van der Waals surface area contributed by atoms with E-state index in [4.69, 9.17) is 14.4 Å². The van der Waals surface area contributed by atoms with Gasteiger partial charge in [0, 0.05) is 23.9 Å². The van der Waals surface area contributed by atoms with Gasteiger partial charge in [-0.3, -0.25) is 5.14 Å². The van der Waals surface area contributed by atoms with Gasteiger partial charge < -0.3 is 19.7 Å². The summed E-state index contributed by atoms with van der Waals surface area (Å²) >= 11 is 0.250. The van der Waals surface area contributed by atoms with Crippen LogP contribution in [-0.2, 0) is 4.74 Å². The number of anilines is 1. The van der Waals surface area contributed by atoms with E-state index in [2.05, 4.69) is 22.4 Å². The van der Waals surface area contributed by atoms with Crippen LogP contribution in [0.3, 0.4) is 0 Å². The summed E-state index contributed by atoms with van der Waals surface area (Å²) in [7, 11) is 1.38. The van der Waals surface area contributed by atoms with Crippen LogP contribution in [0.1, 0.15) is 36.5 Å². The van der Waals surface area contributed by atoms with Gasteiger partial charge in [0.2, 0.25) is 0 Å². The monoisotopic (exact) mass is 495 g/mol. The molecule has 5 N–H and O–H groups in total. The minimum atomic E-state index is -0.354. The van der Waals surface area contributed by atoms with Crippen LogP contribution in [0.2, 0.25) is 0 Å². The molecule has 35 heavy (non-hydrogen) atoms. The van der Waals surface area contributed by atoms with Crippen molar-refractivity contribution < 1.29 is 19.2 Å². The fourth-order valence-electron chi connectivity index (χ4n) is 4.76. The number of nitrogens with two attached hydrogens (primary N) is 1. The SMILES string of the molecule is CCC1CC(Nc2ccnc3cc(-c4cccc5cc(C(=O)OC)ccc45)nn23)CC1O.NSO. The van der Waals surface area contributed by atoms with Crippen LogP contribution in [0, 0.1) is 5.92 Å². The first-order chi connectivity index (χ1) is 17.0. The highest BCUT2D eigenvalue weighted by molar-refractivity contribution is 7.91. The first-order valence-corrected chi connectivity index (χ1v) is 12.2. The van der Waals surface area contributed by atoms with E-state index in [-0.39, 0.29) is 30.3 Å². The van der Waals surface area contributed by atoms with E-state index in [1.54, 1.807) is 12.3 Å². The zero-order chi connectivity index (χ0) is 24.9. The number of benzene rings is 2. The maximum Gasteiger partial charge on any atom is 0.337 e. The summed E-state index contributed by atoms with van der Waals surface area (Å²) < 4.78 is 13.9. The first-order valence-electron chi connectivity index (χ1n) is 11.4. The predicted molar refractivity (Wildman–Crippen MR) is 138 cm³/mol. The summed E-state index contributed by atoms with van der Waals surface area (Å²) in [4.78, 5) is 16.4. The van der Waals surface area contributed by atoms with Crippen molar-refractivity contribution in [2.75, 3.05) is 12.4 Å². The molecule has 10 heteroatoms. The molecule has 184 valence electrons. The van der Waals surface area contributed by atoms with Crippen LogP contribution in [0.4, 0.5) is 5.82 Å². The number of nitrogens with zero attached hydrogens (tertiary/aromatic N) is 3. The van der Waals surface area contributed by atoms with Crippen molar-refractivity contribution >= 4 is 40.4 Å². The Labute approximate surface area is 207 Å². The van der Waals surface area contributed by atoms with E-state index in [9.17, 15) is 9.90 Å². The quantitative estimate of drug-likeness (QED) is 0.181. The van der Waals surface area contributed by atoms with Gasteiger partial charge in [-0.05, 0) is 47.7 Å². The number of carbonyl (C=O) groups excluding carboxylic acids is 1. The molecule has 1 fully saturated rings. The van der Waals surface area contributed by atoms with E-state index in [1.165, 1.54) is 7.11 Å². The van der Waals surface area contributed by atoms with Crippen molar-refractivity contribution in [2.45, 2.75) is 38.3 Å². The molecule has 2 heterocycles. The van der Waals surface area contributed by atoms with E-state index in [1.807, 2.05) is 47.0 Å². The number of aliphatic hydroxyl groups is 1. The second kappa shape index (κ2) is 11.0. The van der Waals surface area contributed by atoms with E-state index in [0.29, 0.717) is 11.5 Å². The Bertz CT molecular complexity index is 1330. The smallest absolute Gasteiger partial charge is 0.337 e. The number of methoxy groups -OCH3 is 1. The average Bonchev–Trinajstić information content (AvgIpc) is 3.46. The van der Waals surface area contributed by atoms with Gasteiger partial charge in [-0.25, -0.2) is 9.78 Å². The lowest BCUT2D eigenvalue weighted by molar-refractivity contribution is 0.0601. The van der Waals surface area contributed by atoms with E-state index in [0.717, 1.165) is 52.8 Å². The number of rotatable bonds is 5. The standard InChI is InChI=1S/C25H26N4O3.H3NOS/c1-3-15-12-18(13-22(15)30)27-23-9-10-26-24-14-21(28-29(23)24)20-6-4-5-16-11-17(25(31)32-2)7-8-19(16)20;1-3-2/h4-11,14-15,18,22,27,30H,3,12-13H2,1-2H3;2H,1H2. The van der Waals surface area contributed by atoms with Gasteiger partial charge in [-0.15, -0.1) is 0 Å². The molecule has 1 saturated carbocycles. The van der Waals surface area contributed by atoms with Crippen molar-refractivity contribution in [1.82, 2.24) is 14.6 Å². The van der Waals surface area contributed by atoms with Crippen LogP contribution in [-0.4, -0.2) is 49.5 Å². The Balaban J connectivity index is 0.000000917. The molecule has 5 rings (SSSR count). The molecular weight excluding hydrogens is 466 g/mol. The zero-order valence-electron chi connectivity index (χ0n) is 19.6. The number of nitrogens with one attached hydrogen (secondary N) is 1. The largest absolute Gasteiger partial charge is 0.465 e. The van der Waals surface area contributed by atoms with Crippen molar-refractivity contribution in [3.63, 3.8) is 0 Å². The molecule has 3 unspecified atom stereocenters. The van der Waals surface area contributed by atoms with E-state index < -0.39 is 0 Å². The minimum Gasteiger partial charge on any atom is -0.465 e. The minimum absolute atomic E-state index is 0.211. The zero-order valence-corrected chi connectivity index (χ0v) is 20.4. The number of esters is 1. The molecule has 1 aliphatic rings.